The Labute approximate surface area is 134 Å². The molecule has 0 spiro atoms. The molecule has 14 nitrogen and oxygen atoms in total. The maximum absolute atomic E-state index is 8.52. The van der Waals surface area contributed by atoms with Gasteiger partial charge >= 0.3 is 39.0 Å². The summed E-state index contributed by atoms with van der Waals surface area (Å²) in [5, 5.41) is 0. The van der Waals surface area contributed by atoms with E-state index in [1.165, 1.54) is 0 Å². The molecule has 19 heavy (non-hydrogen) atoms. The van der Waals surface area contributed by atoms with Crippen LogP contribution in [0.1, 0.15) is 0 Å². The molecular weight excluding hydrogens is 522 g/mol. The van der Waals surface area contributed by atoms with Gasteiger partial charge in [-0.05, 0) is 0 Å². The van der Waals surface area contributed by atoms with Crippen molar-refractivity contribution in [3.63, 3.8) is 0 Å². The Morgan fingerprint density at radius 1 is 0.474 bits per heavy atom. The molecule has 0 radical (unpaired) electrons. The molecule has 19 heteroatoms. The van der Waals surface area contributed by atoms with Crippen LogP contribution in [0.4, 0.5) is 0 Å². The van der Waals surface area contributed by atoms with Crippen LogP contribution >= 0.6 is 0 Å². The Morgan fingerprint density at radius 3 is 0.474 bits per heavy atom. The number of rotatable bonds is 0. The van der Waals surface area contributed by atoms with Gasteiger partial charge in [0, 0.05) is 31.2 Å². The summed E-state index contributed by atoms with van der Waals surface area (Å²) in [7, 11) is -15.5. The molecule has 0 bridgehead atoms. The number of hydrazine groups is 1. The van der Waals surface area contributed by atoms with E-state index in [9.17, 15) is 0 Å². The van der Waals surface area contributed by atoms with Crippen LogP contribution in [-0.4, -0.2) is 52.6 Å². The summed E-state index contributed by atoms with van der Waals surface area (Å²) in [6.07, 6.45) is 0. The third-order valence-electron chi connectivity index (χ3n) is 0. The number of nitrogens with two attached hydrogens (primary N) is 2. The van der Waals surface area contributed by atoms with E-state index in [-0.39, 0.29) is 39.0 Å². The second kappa shape index (κ2) is 16.8. The maximum atomic E-state index is 8.52. The molecule has 0 aromatic heterocycles. The van der Waals surface area contributed by atoms with Crippen molar-refractivity contribution in [2.75, 3.05) is 0 Å². The van der Waals surface area contributed by atoms with Crippen molar-refractivity contribution < 1.29 is 91.5 Å². The van der Waals surface area contributed by atoms with Gasteiger partial charge in [0.15, 0.2) is 0 Å². The molecule has 0 aliphatic carbocycles. The van der Waals surface area contributed by atoms with E-state index in [0.29, 0.717) is 0 Å². The summed E-state index contributed by atoms with van der Waals surface area (Å²) in [4.78, 5) is 0. The van der Waals surface area contributed by atoms with Crippen LogP contribution in [0.15, 0.2) is 0 Å². The van der Waals surface area contributed by atoms with E-state index < -0.39 is 31.2 Å². The van der Waals surface area contributed by atoms with Gasteiger partial charge in [-0.1, -0.05) is 0 Å². The summed E-state index contributed by atoms with van der Waals surface area (Å²) in [6.45, 7) is 0. The molecule has 0 saturated heterocycles. The molecule has 122 valence electrons. The summed E-state index contributed by atoms with van der Waals surface area (Å²) >= 11 is 0. The predicted octanol–water partition coefficient (Wildman–Crippen LogP) is -5.20. The first-order valence-corrected chi connectivity index (χ1v) is 6.33. The zero-order chi connectivity index (χ0) is 15.5. The van der Waals surface area contributed by atoms with E-state index in [2.05, 4.69) is 11.7 Å². The van der Waals surface area contributed by atoms with Gasteiger partial charge in [-0.3, -0.25) is 36.9 Å². The molecule has 4 N–H and O–H groups in total. The second-order valence-corrected chi connectivity index (χ2v) is 3.67. The summed E-state index contributed by atoms with van der Waals surface area (Å²) in [5.41, 5.74) is 0. The van der Waals surface area contributed by atoms with Gasteiger partial charge in [-0.15, -0.1) is 0 Å². The van der Waals surface area contributed by atoms with Crippen molar-refractivity contribution in [2.24, 2.45) is 11.7 Å². The Bertz CT molecular complexity index is 350. The van der Waals surface area contributed by atoms with Gasteiger partial charge in [-0.2, -0.15) is 0 Å². The zero-order valence-electron chi connectivity index (χ0n) is 7.95. The zero-order valence-corrected chi connectivity index (χ0v) is 13.7. The van der Waals surface area contributed by atoms with Crippen molar-refractivity contribution in [2.45, 2.75) is 0 Å². The Balaban J connectivity index is -0.0000000298. The summed E-state index contributed by atoms with van der Waals surface area (Å²) < 4.78 is 102. The molecule has 0 aliphatic rings. The van der Waals surface area contributed by atoms with E-state index in [1.807, 2.05) is 0 Å². The quantitative estimate of drug-likeness (QED) is 0.0981. The molecule has 0 aromatic carbocycles. The first-order chi connectivity index (χ1) is 7.00. The number of hydrogen-bond donors (Lipinski definition) is 2. The summed E-state index contributed by atoms with van der Waals surface area (Å²) in [6, 6.07) is 0. The summed E-state index contributed by atoms with van der Waals surface area (Å²) in [5.74, 6) is 8.00. The molecule has 0 amide bonds. The van der Waals surface area contributed by atoms with Crippen molar-refractivity contribution >= 4 is 31.2 Å². The maximum Gasteiger partial charge on any atom is 3.00 e. The van der Waals surface area contributed by atoms with Gasteiger partial charge in [0.05, 0.1) is 0 Å². The van der Waals surface area contributed by atoms with Crippen molar-refractivity contribution in [1.82, 2.24) is 0 Å². The standard InChI is InChI=1S/H4N2.3H2O4S.2Rh/c1-2;3*1-5(2,3)4;;/h1-2H2;3*(H2,1,2,3,4);;/q;;;;2*+3/p-6. The minimum atomic E-state index is -5.17. The van der Waals surface area contributed by atoms with Gasteiger partial charge < -0.3 is 27.3 Å². The van der Waals surface area contributed by atoms with Crippen molar-refractivity contribution in [3.8, 4) is 0 Å². The molecule has 0 rings (SSSR count). The first-order valence-electron chi connectivity index (χ1n) is 2.33. The van der Waals surface area contributed by atoms with Crippen LogP contribution in [0, 0.1) is 0 Å². The van der Waals surface area contributed by atoms with Crippen LogP contribution < -0.4 is 11.7 Å². The van der Waals surface area contributed by atoms with Gasteiger partial charge in [0.25, 0.3) is 0 Å². The average Bonchev–Trinajstić information content (AvgIpc) is 1.77. The van der Waals surface area contributed by atoms with Crippen LogP contribution in [-0.2, 0) is 70.2 Å². The molecular formula is H4N2O12Rh2S3. The third-order valence-corrected chi connectivity index (χ3v) is 0. The minimum absolute atomic E-state index is 0. The monoisotopic (exact) mass is 526 g/mol. The van der Waals surface area contributed by atoms with E-state index >= 15 is 0 Å². The van der Waals surface area contributed by atoms with Gasteiger partial charge in [0.2, 0.25) is 0 Å². The topological polar surface area (TPSA) is 293 Å². The van der Waals surface area contributed by atoms with Gasteiger partial charge in [-0.25, -0.2) is 0 Å². The fourth-order valence-electron chi connectivity index (χ4n) is 0. The van der Waals surface area contributed by atoms with Crippen LogP contribution in [0.2, 0.25) is 0 Å². The minimum Gasteiger partial charge on any atom is -0.759 e. The Kier molecular flexibility index (Phi) is 32.5. The Hall–Kier alpha value is 0.777. The first kappa shape index (κ1) is 36.7. The Morgan fingerprint density at radius 2 is 0.474 bits per heavy atom. The fraction of sp³-hybridized carbons (Fsp3) is 0. The van der Waals surface area contributed by atoms with E-state index in [4.69, 9.17) is 52.6 Å². The largest absolute Gasteiger partial charge is 3.00 e. The van der Waals surface area contributed by atoms with E-state index in [1.54, 1.807) is 0 Å². The molecule has 0 aliphatic heterocycles. The van der Waals surface area contributed by atoms with Crippen molar-refractivity contribution in [1.29, 1.82) is 0 Å². The van der Waals surface area contributed by atoms with E-state index in [0.717, 1.165) is 0 Å². The molecule has 0 saturated carbocycles. The fourth-order valence-corrected chi connectivity index (χ4v) is 0. The third kappa shape index (κ3) is 8760. The molecule has 0 heterocycles. The van der Waals surface area contributed by atoms with Crippen molar-refractivity contribution in [3.05, 3.63) is 0 Å². The molecule has 0 aromatic rings. The smallest absolute Gasteiger partial charge is 0.759 e. The normalized spacial score (nSPS) is 9.47. The molecule has 0 fully saturated rings. The predicted molar refractivity (Wildman–Crippen MR) is 39.8 cm³/mol. The van der Waals surface area contributed by atoms with Crippen LogP contribution in [0.5, 0.6) is 0 Å². The van der Waals surface area contributed by atoms with Gasteiger partial charge in [0.1, 0.15) is 0 Å². The average molecular weight is 526 g/mol. The second-order valence-electron chi connectivity index (χ2n) is 1.22. The van der Waals surface area contributed by atoms with Crippen LogP contribution in [0.3, 0.4) is 0 Å². The van der Waals surface area contributed by atoms with Crippen LogP contribution in [0.25, 0.3) is 0 Å². The molecule has 0 unspecified atom stereocenters. The molecule has 0 atom stereocenters. The number of hydrogen-bond acceptors (Lipinski definition) is 14. The SMILES string of the molecule is NN.O=S(=O)([O-])[O-].O=S(=O)([O-])[O-].O=S(=O)([O-])[O-].[Rh+3].[Rh+3].